The number of hydrogen-bond donors (Lipinski definition) is 2. The van der Waals surface area contributed by atoms with Crippen molar-refractivity contribution < 1.29 is 9.59 Å². The number of carbonyl (C=O) groups excluding carboxylic acids is 2. The summed E-state index contributed by atoms with van der Waals surface area (Å²) in [6.07, 6.45) is 7.92. The summed E-state index contributed by atoms with van der Waals surface area (Å²) >= 11 is 0. The molecule has 0 spiro atoms. The topological polar surface area (TPSA) is 61.4 Å². The minimum atomic E-state index is 0.0329. The van der Waals surface area contributed by atoms with Crippen molar-refractivity contribution in [2.24, 2.45) is 11.8 Å². The summed E-state index contributed by atoms with van der Waals surface area (Å²) in [5.74, 6) is 1.43. The second kappa shape index (κ2) is 9.08. The predicted molar refractivity (Wildman–Crippen MR) is 110 cm³/mol. The van der Waals surface area contributed by atoms with Crippen molar-refractivity contribution in [3.05, 3.63) is 35.4 Å². The molecule has 1 aliphatic heterocycles. The third kappa shape index (κ3) is 5.13. The van der Waals surface area contributed by atoms with Crippen molar-refractivity contribution in [1.82, 2.24) is 15.5 Å². The van der Waals surface area contributed by atoms with Crippen LogP contribution in [0.2, 0.25) is 0 Å². The Morgan fingerprint density at radius 3 is 2.71 bits per heavy atom. The van der Waals surface area contributed by atoms with E-state index in [-0.39, 0.29) is 17.7 Å². The third-order valence-electron chi connectivity index (χ3n) is 6.54. The first kappa shape index (κ1) is 19.4. The average Bonchev–Trinajstić information content (AvgIpc) is 3.55. The van der Waals surface area contributed by atoms with Crippen molar-refractivity contribution in [3.63, 3.8) is 0 Å². The van der Waals surface area contributed by atoms with E-state index in [0.717, 1.165) is 45.3 Å². The highest BCUT2D eigenvalue weighted by Gasteiger charge is 2.29. The molecule has 1 saturated heterocycles. The lowest BCUT2D eigenvalue weighted by Crippen LogP contribution is -2.47. The molecule has 1 heterocycles. The number of aryl methyl sites for hydroxylation is 1. The van der Waals surface area contributed by atoms with Gasteiger partial charge in [0, 0.05) is 25.6 Å². The second-order valence-electron chi connectivity index (χ2n) is 8.85. The summed E-state index contributed by atoms with van der Waals surface area (Å²) in [5.41, 5.74) is 2.84. The Morgan fingerprint density at radius 2 is 1.86 bits per heavy atom. The van der Waals surface area contributed by atoms with Gasteiger partial charge in [-0.15, -0.1) is 0 Å². The fraction of sp³-hybridized carbons (Fsp3) is 0.652. The summed E-state index contributed by atoms with van der Waals surface area (Å²) in [4.78, 5) is 27.0. The number of nitrogens with one attached hydrogen (secondary N) is 2. The molecule has 28 heavy (non-hydrogen) atoms. The van der Waals surface area contributed by atoms with Gasteiger partial charge in [-0.3, -0.25) is 14.5 Å². The normalized spacial score (nSPS) is 25.0. The molecule has 0 unspecified atom stereocenters. The zero-order valence-corrected chi connectivity index (χ0v) is 16.8. The first-order valence-electron chi connectivity index (χ1n) is 11.0. The van der Waals surface area contributed by atoms with E-state index in [9.17, 15) is 9.59 Å². The van der Waals surface area contributed by atoms with Crippen LogP contribution in [0.3, 0.4) is 0 Å². The van der Waals surface area contributed by atoms with Crippen LogP contribution < -0.4 is 10.6 Å². The number of hydrogen-bond acceptors (Lipinski definition) is 3. The Hall–Kier alpha value is -1.88. The first-order chi connectivity index (χ1) is 13.7. The number of amides is 2. The van der Waals surface area contributed by atoms with Crippen LogP contribution in [0.1, 0.15) is 55.6 Å². The molecule has 5 nitrogen and oxygen atoms in total. The smallest absolute Gasteiger partial charge is 0.234 e. The van der Waals surface area contributed by atoms with Crippen LogP contribution in [0.5, 0.6) is 0 Å². The van der Waals surface area contributed by atoms with Crippen molar-refractivity contribution in [1.29, 1.82) is 0 Å². The highest BCUT2D eigenvalue weighted by atomic mass is 16.2. The highest BCUT2D eigenvalue weighted by molar-refractivity contribution is 5.80. The Kier molecular flexibility index (Phi) is 6.30. The Labute approximate surface area is 168 Å². The molecular formula is C23H33N3O2. The number of likely N-dealkylation sites (tertiary alicyclic amines) is 1. The molecule has 0 bridgehead atoms. The van der Waals surface area contributed by atoms with E-state index in [0.29, 0.717) is 24.9 Å². The Morgan fingerprint density at radius 1 is 1.00 bits per heavy atom. The van der Waals surface area contributed by atoms with Crippen LogP contribution in [0.25, 0.3) is 0 Å². The monoisotopic (exact) mass is 383 g/mol. The lowest BCUT2D eigenvalue weighted by molar-refractivity contribution is -0.129. The van der Waals surface area contributed by atoms with E-state index in [1.54, 1.807) is 0 Å². The SMILES string of the molecule is O=C(CN1CCC[C@H](C(=O)NCC2CC2)C1)NC[C@@H]1CCCc2ccccc21. The van der Waals surface area contributed by atoms with E-state index in [2.05, 4.69) is 39.8 Å². The standard InChI is InChI=1S/C23H33N3O2/c27-22(24-14-19-7-3-6-18-5-1-2-9-21(18)19)16-26-12-4-8-20(15-26)23(28)25-13-17-10-11-17/h1-2,5,9,17,19-20H,3-4,6-8,10-16H2,(H,24,27)(H,25,28)/t19-,20-/m0/s1. The van der Waals surface area contributed by atoms with Crippen molar-refractivity contribution >= 4 is 11.8 Å². The summed E-state index contributed by atoms with van der Waals surface area (Å²) in [7, 11) is 0. The molecule has 4 rings (SSSR count). The van der Waals surface area contributed by atoms with Crippen molar-refractivity contribution in [3.8, 4) is 0 Å². The van der Waals surface area contributed by atoms with Gasteiger partial charge in [0.15, 0.2) is 0 Å². The van der Waals surface area contributed by atoms with E-state index >= 15 is 0 Å². The molecular weight excluding hydrogens is 350 g/mol. The minimum Gasteiger partial charge on any atom is -0.356 e. The number of benzene rings is 1. The number of carbonyl (C=O) groups is 2. The summed E-state index contributed by atoms with van der Waals surface area (Å²) in [6, 6.07) is 8.63. The molecule has 0 aromatic heterocycles. The molecule has 1 aromatic rings. The van der Waals surface area contributed by atoms with Gasteiger partial charge < -0.3 is 10.6 Å². The molecule has 5 heteroatoms. The molecule has 1 aromatic carbocycles. The fourth-order valence-corrected chi connectivity index (χ4v) is 4.69. The number of rotatable bonds is 7. The molecule has 0 radical (unpaired) electrons. The van der Waals surface area contributed by atoms with Crippen LogP contribution in [0.4, 0.5) is 0 Å². The molecule has 2 atom stereocenters. The molecule has 2 fully saturated rings. The summed E-state index contributed by atoms with van der Waals surface area (Å²) in [6.45, 7) is 3.57. The van der Waals surface area contributed by atoms with Gasteiger partial charge in [-0.25, -0.2) is 0 Å². The van der Waals surface area contributed by atoms with E-state index in [1.807, 2.05) is 0 Å². The van der Waals surface area contributed by atoms with Crippen LogP contribution in [-0.4, -0.2) is 49.4 Å². The van der Waals surface area contributed by atoms with Gasteiger partial charge in [0.2, 0.25) is 11.8 Å². The predicted octanol–water partition coefficient (Wildman–Crippen LogP) is 2.46. The van der Waals surface area contributed by atoms with E-state index < -0.39 is 0 Å². The van der Waals surface area contributed by atoms with Gasteiger partial charge in [0.05, 0.1) is 12.5 Å². The largest absolute Gasteiger partial charge is 0.356 e. The highest BCUT2D eigenvalue weighted by Crippen LogP contribution is 2.31. The van der Waals surface area contributed by atoms with Crippen molar-refractivity contribution in [2.45, 2.75) is 50.9 Å². The van der Waals surface area contributed by atoms with Crippen molar-refractivity contribution in [2.75, 3.05) is 32.7 Å². The van der Waals surface area contributed by atoms with Gasteiger partial charge in [-0.05, 0) is 68.5 Å². The maximum atomic E-state index is 12.5. The van der Waals surface area contributed by atoms with Gasteiger partial charge in [0.25, 0.3) is 0 Å². The molecule has 2 aliphatic carbocycles. The van der Waals surface area contributed by atoms with Gasteiger partial charge in [0.1, 0.15) is 0 Å². The quantitative estimate of drug-likeness (QED) is 0.760. The third-order valence-corrected chi connectivity index (χ3v) is 6.54. The second-order valence-corrected chi connectivity index (χ2v) is 8.85. The van der Waals surface area contributed by atoms with E-state index in [1.165, 1.54) is 30.4 Å². The lowest BCUT2D eigenvalue weighted by Gasteiger charge is -2.32. The minimum absolute atomic E-state index is 0.0329. The van der Waals surface area contributed by atoms with Crippen LogP contribution in [0.15, 0.2) is 24.3 Å². The van der Waals surface area contributed by atoms with Gasteiger partial charge in [-0.2, -0.15) is 0 Å². The Balaban J connectivity index is 1.22. The lowest BCUT2D eigenvalue weighted by atomic mass is 9.83. The first-order valence-corrected chi connectivity index (χ1v) is 11.0. The van der Waals surface area contributed by atoms with Crippen LogP contribution >= 0.6 is 0 Å². The van der Waals surface area contributed by atoms with Crippen LogP contribution in [0, 0.1) is 11.8 Å². The molecule has 152 valence electrons. The maximum Gasteiger partial charge on any atom is 0.234 e. The molecule has 3 aliphatic rings. The number of nitrogens with zero attached hydrogens (tertiary/aromatic N) is 1. The zero-order chi connectivity index (χ0) is 19.3. The number of fused-ring (bicyclic) bond motifs is 1. The zero-order valence-electron chi connectivity index (χ0n) is 16.8. The average molecular weight is 384 g/mol. The summed E-state index contributed by atoms with van der Waals surface area (Å²) < 4.78 is 0. The van der Waals surface area contributed by atoms with Gasteiger partial charge >= 0.3 is 0 Å². The summed E-state index contributed by atoms with van der Waals surface area (Å²) in [5, 5.41) is 6.25. The fourth-order valence-electron chi connectivity index (χ4n) is 4.69. The molecule has 2 amide bonds. The van der Waals surface area contributed by atoms with E-state index in [4.69, 9.17) is 0 Å². The van der Waals surface area contributed by atoms with Gasteiger partial charge in [-0.1, -0.05) is 24.3 Å². The number of piperidine rings is 1. The molecule has 1 saturated carbocycles. The Bertz CT molecular complexity index is 701. The maximum absolute atomic E-state index is 12.5. The van der Waals surface area contributed by atoms with Crippen LogP contribution in [-0.2, 0) is 16.0 Å². The molecule has 2 N–H and O–H groups in total.